The van der Waals surface area contributed by atoms with Crippen molar-refractivity contribution in [3.63, 3.8) is 0 Å². The maximum Gasteiger partial charge on any atom is 0.222 e. The molecule has 2 aliphatic rings. The normalized spacial score (nSPS) is 18.6. The number of anilines is 1. The van der Waals surface area contributed by atoms with Crippen LogP contribution in [0.15, 0.2) is 70.9 Å². The molecule has 3 aromatic rings. The highest BCUT2D eigenvalue weighted by Gasteiger charge is 2.20. The minimum absolute atomic E-state index is 0. The number of likely N-dealkylation sites (N-methyl/N-ethyl adjacent to an activating group) is 1. The zero-order chi connectivity index (χ0) is 27.6. The Morgan fingerprint density at radius 1 is 1.13 bits per heavy atom. The Bertz CT molecular complexity index is 1310. The van der Waals surface area contributed by atoms with E-state index in [9.17, 15) is 0 Å². The van der Waals surface area contributed by atoms with Gasteiger partial charge in [0.2, 0.25) is 5.96 Å². The quantitative estimate of drug-likeness (QED) is 0.463. The second-order valence-electron chi connectivity index (χ2n) is 9.57. The molecule has 2 aromatic carbocycles. The summed E-state index contributed by atoms with van der Waals surface area (Å²) in [7, 11) is 4.03. The number of aliphatic imine (C=N–C) groups is 2. The fraction of sp³-hybridized carbons (Fsp3) is 0.433. The molecular weight excluding hydrogens is 490 g/mol. The molecule has 0 aliphatic carbocycles. The van der Waals surface area contributed by atoms with Crippen LogP contribution in [0.3, 0.4) is 0 Å². The summed E-state index contributed by atoms with van der Waals surface area (Å²) in [6, 6.07) is 14.4. The summed E-state index contributed by atoms with van der Waals surface area (Å²) >= 11 is 0. The van der Waals surface area contributed by atoms with E-state index >= 15 is 0 Å². The monoisotopic (exact) mass is 533 g/mol. The van der Waals surface area contributed by atoms with Crippen molar-refractivity contribution in [3.8, 4) is 11.5 Å². The third-order valence-corrected chi connectivity index (χ3v) is 6.53. The van der Waals surface area contributed by atoms with E-state index in [1.807, 2.05) is 49.8 Å². The Morgan fingerprint density at radius 2 is 2.00 bits per heavy atom. The molecule has 3 heterocycles. The number of nitrogens with zero attached hydrogens (tertiary/aromatic N) is 6. The van der Waals surface area contributed by atoms with Gasteiger partial charge in [-0.2, -0.15) is 0 Å². The number of rotatable bonds is 4. The molecule has 1 atom stereocenters. The Labute approximate surface area is 233 Å². The predicted molar refractivity (Wildman–Crippen MR) is 160 cm³/mol. The summed E-state index contributed by atoms with van der Waals surface area (Å²) in [4.78, 5) is 13.7. The second kappa shape index (κ2) is 13.8. The van der Waals surface area contributed by atoms with Crippen LogP contribution in [0.1, 0.15) is 39.7 Å². The van der Waals surface area contributed by atoms with E-state index in [2.05, 4.69) is 59.6 Å². The van der Waals surface area contributed by atoms with Gasteiger partial charge in [0.05, 0.1) is 25.4 Å². The topological polar surface area (TPSA) is 81.2 Å². The Morgan fingerprint density at radius 3 is 2.79 bits per heavy atom. The number of nitrogens with one attached hydrogen (secondary N) is 1. The van der Waals surface area contributed by atoms with E-state index in [0.29, 0.717) is 25.7 Å². The van der Waals surface area contributed by atoms with Crippen molar-refractivity contribution in [3.05, 3.63) is 72.1 Å². The van der Waals surface area contributed by atoms with Crippen LogP contribution in [0.25, 0.3) is 0 Å². The summed E-state index contributed by atoms with van der Waals surface area (Å²) in [5.74, 6) is 2.59. The zero-order valence-corrected chi connectivity index (χ0v) is 23.8. The molecule has 39 heavy (non-hydrogen) atoms. The van der Waals surface area contributed by atoms with Gasteiger partial charge in [-0.05, 0) is 43.8 Å². The lowest BCUT2D eigenvalue weighted by Crippen LogP contribution is -2.26. The first-order valence-corrected chi connectivity index (χ1v) is 13.8. The molecule has 0 amide bonds. The van der Waals surface area contributed by atoms with Gasteiger partial charge in [-0.1, -0.05) is 45.1 Å². The number of aryl methyl sites for hydroxylation is 1. The van der Waals surface area contributed by atoms with Crippen LogP contribution < -0.4 is 14.8 Å². The summed E-state index contributed by atoms with van der Waals surface area (Å²) < 4.78 is 14.2. The second-order valence-corrected chi connectivity index (χ2v) is 9.57. The van der Waals surface area contributed by atoms with Crippen molar-refractivity contribution >= 4 is 17.4 Å². The van der Waals surface area contributed by atoms with Gasteiger partial charge >= 0.3 is 0 Å². The Balaban J connectivity index is 0.00000144. The number of fused-ring (bicyclic) bond motifs is 6. The first-order valence-electron chi connectivity index (χ1n) is 13.8. The number of guanidine groups is 1. The summed E-state index contributed by atoms with van der Waals surface area (Å²) in [5.41, 5.74) is 4.14. The van der Waals surface area contributed by atoms with Crippen LogP contribution in [0.2, 0.25) is 0 Å². The molecule has 0 fully saturated rings. The lowest BCUT2D eigenvalue weighted by Gasteiger charge is -2.22. The minimum Gasteiger partial charge on any atom is -0.493 e. The molecule has 0 spiro atoms. The highest BCUT2D eigenvalue weighted by molar-refractivity contribution is 6.12. The predicted octanol–water partition coefficient (Wildman–Crippen LogP) is 5.25. The highest BCUT2D eigenvalue weighted by atomic mass is 16.5. The molecular formula is C30H43N7O2. The fourth-order valence-corrected chi connectivity index (χ4v) is 4.43. The lowest BCUT2D eigenvalue weighted by molar-refractivity contribution is 0.250. The number of benzene rings is 2. The molecule has 1 unspecified atom stereocenters. The van der Waals surface area contributed by atoms with E-state index in [-0.39, 0.29) is 7.34 Å². The van der Waals surface area contributed by atoms with Crippen molar-refractivity contribution in [2.45, 2.75) is 40.3 Å². The third-order valence-electron chi connectivity index (χ3n) is 6.53. The van der Waals surface area contributed by atoms with E-state index in [1.54, 1.807) is 11.1 Å². The van der Waals surface area contributed by atoms with Crippen molar-refractivity contribution in [2.24, 2.45) is 23.0 Å². The SMILES string of the molecule is CC.CC1CN=C2N=C1c1cccc(c1)OCC/C=C/CN(C)Cc1cc(ccc1OCCn1cnn1C)N2.[HH]. The Hall–Kier alpha value is -3.85. The average molecular weight is 534 g/mol. The molecule has 1 N–H and O–H groups in total. The van der Waals surface area contributed by atoms with Gasteiger partial charge in [-0.3, -0.25) is 14.6 Å². The number of hydrogen-bond donors (Lipinski definition) is 1. The van der Waals surface area contributed by atoms with Crippen molar-refractivity contribution in [2.75, 3.05) is 38.7 Å². The van der Waals surface area contributed by atoms with Gasteiger partial charge in [-0.15, -0.1) is 5.10 Å². The largest absolute Gasteiger partial charge is 0.493 e. The van der Waals surface area contributed by atoms with Gasteiger partial charge in [-0.25, -0.2) is 9.79 Å². The number of aromatic nitrogens is 3. The molecule has 1 aromatic heterocycles. The van der Waals surface area contributed by atoms with Crippen LogP contribution in [-0.4, -0.2) is 64.5 Å². The van der Waals surface area contributed by atoms with Crippen LogP contribution in [0.5, 0.6) is 11.5 Å². The van der Waals surface area contributed by atoms with Gasteiger partial charge < -0.3 is 14.8 Å². The van der Waals surface area contributed by atoms with Gasteiger partial charge in [0.1, 0.15) is 24.4 Å². The van der Waals surface area contributed by atoms with Crippen molar-refractivity contribution in [1.29, 1.82) is 0 Å². The smallest absolute Gasteiger partial charge is 0.222 e. The zero-order valence-electron chi connectivity index (χ0n) is 23.8. The van der Waals surface area contributed by atoms with Crippen LogP contribution in [-0.2, 0) is 20.1 Å². The number of hydrogen-bond acceptors (Lipinski definition) is 7. The van der Waals surface area contributed by atoms with Crippen LogP contribution >= 0.6 is 0 Å². The summed E-state index contributed by atoms with van der Waals surface area (Å²) in [5, 5.41) is 7.54. The van der Waals surface area contributed by atoms with E-state index < -0.39 is 0 Å². The molecule has 2 aliphatic heterocycles. The van der Waals surface area contributed by atoms with Crippen molar-refractivity contribution < 1.29 is 10.9 Å². The molecule has 9 heteroatoms. The first kappa shape index (κ1) is 28.2. The standard InChI is InChI=1S/C28H35N7O2.C2H6.H2/c1-21-18-29-28-31-24-10-11-26(37-15-13-35-20-30-34(35)3)23(16-24)19-33(2)12-5-4-6-14-36-25-9-7-8-22(17-25)27(21)32-28;1-2;/h4-5,7-11,16-17,20-21H,6,12-15,18-19H2,1-3H3,(H,29,31);1-2H3;1H/b5-4+;;. The average Bonchev–Trinajstić information content (AvgIpc) is 2.95. The molecule has 210 valence electrons. The minimum atomic E-state index is 0. The lowest BCUT2D eigenvalue weighted by atomic mass is 9.97. The van der Waals surface area contributed by atoms with Crippen molar-refractivity contribution in [1.82, 2.24) is 19.5 Å². The first-order chi connectivity index (χ1) is 19.0. The van der Waals surface area contributed by atoms with Crippen LogP contribution in [0, 0.1) is 5.92 Å². The van der Waals surface area contributed by atoms with Gasteiger partial charge in [0, 0.05) is 44.3 Å². The van der Waals surface area contributed by atoms with E-state index in [0.717, 1.165) is 60.1 Å². The molecule has 9 nitrogen and oxygen atoms in total. The maximum atomic E-state index is 6.20. The van der Waals surface area contributed by atoms with Gasteiger partial charge in [0.25, 0.3) is 0 Å². The molecule has 0 radical (unpaired) electrons. The molecule has 6 bridgehead atoms. The molecule has 0 saturated heterocycles. The van der Waals surface area contributed by atoms with E-state index in [1.165, 1.54) is 0 Å². The summed E-state index contributed by atoms with van der Waals surface area (Å²) in [6.45, 7) is 10.4. The molecule has 5 rings (SSSR count). The maximum absolute atomic E-state index is 6.20. The van der Waals surface area contributed by atoms with Crippen LogP contribution in [0.4, 0.5) is 5.69 Å². The van der Waals surface area contributed by atoms with E-state index in [4.69, 9.17) is 19.5 Å². The highest BCUT2D eigenvalue weighted by Crippen LogP contribution is 2.26. The van der Waals surface area contributed by atoms with Gasteiger partial charge in [0.15, 0.2) is 0 Å². The number of ether oxygens (including phenoxy) is 2. The summed E-state index contributed by atoms with van der Waals surface area (Å²) in [6.07, 6.45) is 7.03. The fourth-order valence-electron chi connectivity index (χ4n) is 4.43. The third kappa shape index (κ3) is 7.60. The Kier molecular flexibility index (Phi) is 9.97. The molecule has 0 saturated carbocycles.